The first-order valence-electron chi connectivity index (χ1n) is 10.7. The quantitative estimate of drug-likeness (QED) is 0.578. The van der Waals surface area contributed by atoms with Crippen molar-refractivity contribution in [3.63, 3.8) is 0 Å². The van der Waals surface area contributed by atoms with Crippen molar-refractivity contribution in [3.8, 4) is 11.3 Å². The topological polar surface area (TPSA) is 61.6 Å². The minimum atomic E-state index is 0.0224. The predicted octanol–water partition coefficient (Wildman–Crippen LogP) is 3.87. The molecule has 0 bridgehead atoms. The summed E-state index contributed by atoms with van der Waals surface area (Å²) in [7, 11) is 0. The van der Waals surface area contributed by atoms with Gasteiger partial charge >= 0.3 is 0 Å². The van der Waals surface area contributed by atoms with E-state index in [2.05, 4.69) is 44.4 Å². The molecule has 162 valence electrons. The molecule has 6 nitrogen and oxygen atoms in total. The average Bonchev–Trinajstić information content (AvgIpc) is 3.28. The van der Waals surface area contributed by atoms with Crippen LogP contribution in [0.4, 0.5) is 5.69 Å². The Bertz CT molecular complexity index is 967. The summed E-state index contributed by atoms with van der Waals surface area (Å²) in [6.07, 6.45) is 2.53. The van der Waals surface area contributed by atoms with Crippen molar-refractivity contribution in [1.82, 2.24) is 15.2 Å². The molecular weight excluding hydrogens is 412 g/mol. The molecule has 3 aromatic rings. The Hall–Kier alpha value is -2.83. The zero-order chi connectivity index (χ0) is 21.5. The number of benzene rings is 2. The van der Waals surface area contributed by atoms with Crippen LogP contribution in [0.3, 0.4) is 0 Å². The smallest absolute Gasteiger partial charge is 0.220 e. The van der Waals surface area contributed by atoms with Gasteiger partial charge in [-0.1, -0.05) is 29.8 Å². The summed E-state index contributed by atoms with van der Waals surface area (Å²) in [5.41, 5.74) is 2.20. The summed E-state index contributed by atoms with van der Waals surface area (Å²) >= 11 is 5.92. The highest BCUT2D eigenvalue weighted by atomic mass is 35.5. The zero-order valence-electron chi connectivity index (χ0n) is 17.5. The average molecular weight is 439 g/mol. The molecule has 0 radical (unpaired) electrons. The van der Waals surface area contributed by atoms with Gasteiger partial charge in [-0.2, -0.15) is 0 Å². The third kappa shape index (κ3) is 6.09. The van der Waals surface area contributed by atoms with Gasteiger partial charge in [0.05, 0.1) is 6.20 Å². The molecule has 0 spiro atoms. The van der Waals surface area contributed by atoms with Crippen LogP contribution in [0.1, 0.15) is 12.3 Å². The Balaban J connectivity index is 1.13. The highest BCUT2D eigenvalue weighted by molar-refractivity contribution is 6.30. The Morgan fingerprint density at radius 2 is 1.77 bits per heavy atom. The molecule has 0 unspecified atom stereocenters. The summed E-state index contributed by atoms with van der Waals surface area (Å²) in [5, 5.41) is 3.69. The van der Waals surface area contributed by atoms with Crippen LogP contribution < -0.4 is 10.2 Å². The standard InChI is InChI=1S/C24H27ClN4O2/c25-20-8-6-19(7-9-20)22-18-27-24(31-22)11-10-23(30)26-12-13-28-14-16-29(17-15-28)21-4-2-1-3-5-21/h1-9,18H,10-17H2,(H,26,30). The zero-order valence-corrected chi connectivity index (χ0v) is 18.2. The molecule has 7 heteroatoms. The summed E-state index contributed by atoms with van der Waals surface area (Å²) in [6, 6.07) is 17.9. The number of halogens is 1. The fourth-order valence-corrected chi connectivity index (χ4v) is 3.83. The first kappa shape index (κ1) is 21.4. The third-order valence-electron chi connectivity index (χ3n) is 5.49. The van der Waals surface area contributed by atoms with Gasteiger partial charge in [0.15, 0.2) is 11.7 Å². The molecule has 1 aromatic heterocycles. The molecule has 0 atom stereocenters. The van der Waals surface area contributed by atoms with Crippen molar-refractivity contribution >= 4 is 23.2 Å². The van der Waals surface area contributed by atoms with Crippen molar-refractivity contribution < 1.29 is 9.21 Å². The van der Waals surface area contributed by atoms with Gasteiger partial charge in [-0.3, -0.25) is 9.69 Å². The molecule has 2 aromatic carbocycles. The second kappa shape index (κ2) is 10.5. The number of carbonyl (C=O) groups excluding carboxylic acids is 1. The lowest BCUT2D eigenvalue weighted by Gasteiger charge is -2.36. The van der Waals surface area contributed by atoms with Crippen LogP contribution in [0.5, 0.6) is 0 Å². The molecule has 1 amide bonds. The molecule has 1 N–H and O–H groups in total. The van der Waals surface area contributed by atoms with Crippen molar-refractivity contribution in [2.45, 2.75) is 12.8 Å². The normalized spacial score (nSPS) is 14.5. The van der Waals surface area contributed by atoms with E-state index in [1.54, 1.807) is 6.20 Å². The molecular formula is C24H27ClN4O2. The number of carbonyl (C=O) groups is 1. The van der Waals surface area contributed by atoms with Gasteiger partial charge in [0, 0.05) is 68.4 Å². The van der Waals surface area contributed by atoms with Gasteiger partial charge in [0.2, 0.25) is 5.91 Å². The van der Waals surface area contributed by atoms with Crippen LogP contribution in [0.25, 0.3) is 11.3 Å². The van der Waals surface area contributed by atoms with Crippen molar-refractivity contribution in [3.05, 3.63) is 71.7 Å². The van der Waals surface area contributed by atoms with Crippen LogP contribution in [0.2, 0.25) is 5.02 Å². The van der Waals surface area contributed by atoms with Gasteiger partial charge in [0.1, 0.15) is 0 Å². The van der Waals surface area contributed by atoms with E-state index in [0.717, 1.165) is 38.3 Å². The molecule has 0 saturated carbocycles. The molecule has 0 aliphatic carbocycles. The number of para-hydroxylation sites is 1. The van der Waals surface area contributed by atoms with E-state index < -0.39 is 0 Å². The fourth-order valence-electron chi connectivity index (χ4n) is 3.70. The lowest BCUT2D eigenvalue weighted by atomic mass is 10.2. The minimum absolute atomic E-state index is 0.0224. The monoisotopic (exact) mass is 438 g/mol. The minimum Gasteiger partial charge on any atom is -0.441 e. The van der Waals surface area contributed by atoms with E-state index in [0.29, 0.717) is 36.1 Å². The predicted molar refractivity (Wildman–Crippen MR) is 123 cm³/mol. The fraction of sp³-hybridized carbons (Fsp3) is 0.333. The third-order valence-corrected chi connectivity index (χ3v) is 5.74. The maximum atomic E-state index is 12.2. The van der Waals surface area contributed by atoms with E-state index >= 15 is 0 Å². The van der Waals surface area contributed by atoms with Crippen molar-refractivity contribution in [1.29, 1.82) is 0 Å². The van der Waals surface area contributed by atoms with Crippen LogP contribution in [-0.4, -0.2) is 55.1 Å². The van der Waals surface area contributed by atoms with Gasteiger partial charge < -0.3 is 14.6 Å². The number of rotatable bonds is 8. The van der Waals surface area contributed by atoms with Crippen molar-refractivity contribution in [2.75, 3.05) is 44.2 Å². The number of anilines is 1. The number of aryl methyl sites for hydroxylation is 1. The number of piperazine rings is 1. The summed E-state index contributed by atoms with van der Waals surface area (Å²) in [5.74, 6) is 1.27. The maximum Gasteiger partial charge on any atom is 0.220 e. The van der Waals surface area contributed by atoms with Crippen molar-refractivity contribution in [2.24, 2.45) is 0 Å². The highest BCUT2D eigenvalue weighted by Crippen LogP contribution is 2.22. The van der Waals surface area contributed by atoms with Gasteiger partial charge in [0.25, 0.3) is 0 Å². The van der Waals surface area contributed by atoms with E-state index in [4.69, 9.17) is 16.0 Å². The Morgan fingerprint density at radius 1 is 1.03 bits per heavy atom. The van der Waals surface area contributed by atoms with Crippen LogP contribution in [0.15, 0.2) is 65.2 Å². The first-order valence-corrected chi connectivity index (χ1v) is 11.0. The Kier molecular flexibility index (Phi) is 7.22. The van der Waals surface area contributed by atoms with Gasteiger partial charge in [-0.25, -0.2) is 4.98 Å². The molecule has 1 fully saturated rings. The molecule has 2 heterocycles. The molecule has 1 aliphatic rings. The lowest BCUT2D eigenvalue weighted by Crippen LogP contribution is -2.48. The second-order valence-electron chi connectivity index (χ2n) is 7.64. The molecule has 1 aliphatic heterocycles. The van der Waals surface area contributed by atoms with Crippen LogP contribution >= 0.6 is 11.6 Å². The summed E-state index contributed by atoms with van der Waals surface area (Å²) < 4.78 is 5.76. The summed E-state index contributed by atoms with van der Waals surface area (Å²) in [4.78, 5) is 21.3. The number of hydrogen-bond donors (Lipinski definition) is 1. The van der Waals surface area contributed by atoms with E-state index in [1.165, 1.54) is 5.69 Å². The lowest BCUT2D eigenvalue weighted by molar-refractivity contribution is -0.121. The Labute approximate surface area is 187 Å². The van der Waals surface area contributed by atoms with Gasteiger partial charge in [-0.05, 0) is 36.4 Å². The Morgan fingerprint density at radius 3 is 2.52 bits per heavy atom. The van der Waals surface area contributed by atoms with Crippen LogP contribution in [-0.2, 0) is 11.2 Å². The number of oxazole rings is 1. The summed E-state index contributed by atoms with van der Waals surface area (Å²) in [6.45, 7) is 5.57. The molecule has 4 rings (SSSR count). The second-order valence-corrected chi connectivity index (χ2v) is 8.08. The van der Waals surface area contributed by atoms with E-state index in [1.807, 2.05) is 30.3 Å². The molecule has 1 saturated heterocycles. The number of amides is 1. The van der Waals surface area contributed by atoms with E-state index in [9.17, 15) is 4.79 Å². The van der Waals surface area contributed by atoms with E-state index in [-0.39, 0.29) is 5.91 Å². The number of hydrogen-bond acceptors (Lipinski definition) is 5. The largest absolute Gasteiger partial charge is 0.441 e. The molecule has 31 heavy (non-hydrogen) atoms. The number of nitrogens with one attached hydrogen (secondary N) is 1. The van der Waals surface area contributed by atoms with Crippen LogP contribution in [0, 0.1) is 0 Å². The first-order chi connectivity index (χ1) is 15.2. The maximum absolute atomic E-state index is 12.2. The SMILES string of the molecule is O=C(CCc1ncc(-c2ccc(Cl)cc2)o1)NCCN1CCN(c2ccccc2)CC1. The van der Waals surface area contributed by atoms with Gasteiger partial charge in [-0.15, -0.1) is 0 Å². The highest BCUT2D eigenvalue weighted by Gasteiger charge is 2.17. The number of aromatic nitrogens is 1. The number of nitrogens with zero attached hydrogens (tertiary/aromatic N) is 3.